The van der Waals surface area contributed by atoms with Crippen LogP contribution >= 0.6 is 0 Å². The summed E-state index contributed by atoms with van der Waals surface area (Å²) < 4.78 is 20.0. The molecule has 0 heterocycles. The van der Waals surface area contributed by atoms with Crippen LogP contribution in [0.3, 0.4) is 0 Å². The smallest absolute Gasteiger partial charge is 0.165 e. The van der Waals surface area contributed by atoms with Crippen molar-refractivity contribution in [3.63, 3.8) is 0 Å². The van der Waals surface area contributed by atoms with Gasteiger partial charge >= 0.3 is 0 Å². The zero-order valence-corrected chi connectivity index (χ0v) is 18.5. The van der Waals surface area contributed by atoms with Gasteiger partial charge in [0.25, 0.3) is 0 Å². The van der Waals surface area contributed by atoms with Crippen molar-refractivity contribution in [3.8, 4) is 16.9 Å². The number of aryl methyl sites for hydroxylation is 1. The monoisotopic (exact) mass is 398 g/mol. The zero-order chi connectivity index (χ0) is 20.7. The van der Waals surface area contributed by atoms with Gasteiger partial charge in [0.2, 0.25) is 0 Å². The van der Waals surface area contributed by atoms with Crippen molar-refractivity contribution >= 4 is 0 Å². The Morgan fingerprint density at radius 2 is 1.24 bits per heavy atom. The van der Waals surface area contributed by atoms with Gasteiger partial charge in [-0.3, -0.25) is 0 Å². The van der Waals surface area contributed by atoms with E-state index < -0.39 is 0 Å². The van der Waals surface area contributed by atoms with Crippen molar-refractivity contribution in [2.75, 3.05) is 6.61 Å². The fourth-order valence-electron chi connectivity index (χ4n) is 3.66. The van der Waals surface area contributed by atoms with Crippen molar-refractivity contribution in [1.82, 2.24) is 0 Å². The molecule has 0 fully saturated rings. The van der Waals surface area contributed by atoms with Crippen LogP contribution in [0.15, 0.2) is 42.5 Å². The molecule has 0 amide bonds. The lowest BCUT2D eigenvalue weighted by Gasteiger charge is -2.10. The second-order valence-corrected chi connectivity index (χ2v) is 8.12. The topological polar surface area (TPSA) is 9.23 Å². The van der Waals surface area contributed by atoms with Gasteiger partial charge in [0, 0.05) is 0 Å². The molecule has 2 heteroatoms. The van der Waals surface area contributed by atoms with E-state index in [0.29, 0.717) is 12.4 Å². The molecule has 0 aromatic heterocycles. The Balaban J connectivity index is 1.78. The number of ether oxygens (including phenoxy) is 1. The van der Waals surface area contributed by atoms with Crippen molar-refractivity contribution in [1.29, 1.82) is 0 Å². The Morgan fingerprint density at radius 3 is 1.90 bits per heavy atom. The zero-order valence-electron chi connectivity index (χ0n) is 18.5. The molecule has 2 rings (SSSR count). The average molecular weight is 399 g/mol. The molecule has 0 unspecified atom stereocenters. The lowest BCUT2D eigenvalue weighted by molar-refractivity contribution is 0.290. The predicted octanol–water partition coefficient (Wildman–Crippen LogP) is 8.74. The normalized spacial score (nSPS) is 11.0. The van der Waals surface area contributed by atoms with Gasteiger partial charge in [-0.1, -0.05) is 102 Å². The van der Waals surface area contributed by atoms with E-state index in [-0.39, 0.29) is 5.82 Å². The van der Waals surface area contributed by atoms with Crippen LogP contribution in [-0.4, -0.2) is 6.61 Å². The van der Waals surface area contributed by atoms with E-state index in [1.807, 2.05) is 6.07 Å². The van der Waals surface area contributed by atoms with Gasteiger partial charge in [0.1, 0.15) is 0 Å². The standard InChI is InChI=1S/C27H39FO/c1-3-5-7-9-10-12-14-23-15-17-24(18-16-23)25-19-20-27(26(28)22-25)29-21-13-11-8-6-4-2/h15-20,22H,3-14,21H2,1-2H3. The molecule has 0 radical (unpaired) electrons. The summed E-state index contributed by atoms with van der Waals surface area (Å²) in [4.78, 5) is 0. The lowest BCUT2D eigenvalue weighted by Crippen LogP contribution is -1.99. The second-order valence-electron chi connectivity index (χ2n) is 8.12. The summed E-state index contributed by atoms with van der Waals surface area (Å²) >= 11 is 0. The van der Waals surface area contributed by atoms with Gasteiger partial charge in [-0.2, -0.15) is 0 Å². The first-order chi connectivity index (χ1) is 14.2. The summed E-state index contributed by atoms with van der Waals surface area (Å²) in [7, 11) is 0. The highest BCUT2D eigenvalue weighted by atomic mass is 19.1. The Kier molecular flexibility index (Phi) is 11.5. The number of halogens is 1. The first-order valence-corrected chi connectivity index (χ1v) is 11.8. The SMILES string of the molecule is CCCCCCCCc1ccc(-c2ccc(OCCCCCCC)c(F)c2)cc1. The quantitative estimate of drug-likeness (QED) is 0.272. The minimum atomic E-state index is -0.271. The van der Waals surface area contributed by atoms with Crippen LogP contribution in [0.4, 0.5) is 4.39 Å². The average Bonchev–Trinajstić information content (AvgIpc) is 2.74. The molecular weight excluding hydrogens is 359 g/mol. The van der Waals surface area contributed by atoms with Gasteiger partial charge in [0.05, 0.1) is 6.61 Å². The minimum absolute atomic E-state index is 0.271. The fraction of sp³-hybridized carbons (Fsp3) is 0.556. The minimum Gasteiger partial charge on any atom is -0.491 e. The number of unbranched alkanes of at least 4 members (excludes halogenated alkanes) is 9. The van der Waals surface area contributed by atoms with E-state index in [2.05, 4.69) is 38.1 Å². The van der Waals surface area contributed by atoms with Crippen LogP contribution in [0.2, 0.25) is 0 Å². The first kappa shape index (κ1) is 23.4. The number of hydrogen-bond acceptors (Lipinski definition) is 1. The first-order valence-electron chi connectivity index (χ1n) is 11.8. The van der Waals surface area contributed by atoms with E-state index in [1.165, 1.54) is 63.4 Å². The number of benzene rings is 2. The van der Waals surface area contributed by atoms with Crippen LogP contribution in [-0.2, 0) is 6.42 Å². The van der Waals surface area contributed by atoms with Crippen LogP contribution in [0.1, 0.15) is 90.0 Å². The molecule has 0 atom stereocenters. The predicted molar refractivity (Wildman–Crippen MR) is 123 cm³/mol. The molecule has 0 spiro atoms. The molecule has 0 bridgehead atoms. The summed E-state index contributed by atoms with van der Waals surface area (Å²) in [5.74, 6) is 0.0937. The molecule has 2 aromatic carbocycles. The van der Waals surface area contributed by atoms with Gasteiger partial charge < -0.3 is 4.74 Å². The lowest BCUT2D eigenvalue weighted by atomic mass is 10.0. The number of hydrogen-bond donors (Lipinski definition) is 0. The van der Waals surface area contributed by atoms with E-state index >= 15 is 0 Å². The third-order valence-electron chi connectivity index (χ3n) is 5.54. The molecule has 29 heavy (non-hydrogen) atoms. The Hall–Kier alpha value is -1.83. The maximum absolute atomic E-state index is 14.4. The Labute approximate surface area is 177 Å². The molecule has 0 aliphatic carbocycles. The summed E-state index contributed by atoms with van der Waals surface area (Å²) in [5.41, 5.74) is 3.33. The molecule has 0 saturated carbocycles. The molecule has 1 nitrogen and oxygen atoms in total. The van der Waals surface area contributed by atoms with Gasteiger partial charge in [-0.15, -0.1) is 0 Å². The van der Waals surface area contributed by atoms with Gasteiger partial charge in [-0.25, -0.2) is 4.39 Å². The highest BCUT2D eigenvalue weighted by Gasteiger charge is 2.07. The summed E-state index contributed by atoms with van der Waals surface area (Å²) in [5, 5.41) is 0. The van der Waals surface area contributed by atoms with E-state index in [4.69, 9.17) is 4.74 Å². The van der Waals surface area contributed by atoms with Crippen LogP contribution in [0.25, 0.3) is 11.1 Å². The summed E-state index contributed by atoms with van der Waals surface area (Å²) in [6.45, 7) is 5.05. The summed E-state index contributed by atoms with van der Waals surface area (Å²) in [6.07, 6.45) is 14.9. The fourth-order valence-corrected chi connectivity index (χ4v) is 3.66. The molecule has 0 N–H and O–H groups in total. The molecule has 0 aliphatic heterocycles. The maximum atomic E-state index is 14.4. The molecule has 160 valence electrons. The largest absolute Gasteiger partial charge is 0.491 e. The van der Waals surface area contributed by atoms with Crippen molar-refractivity contribution in [2.45, 2.75) is 90.9 Å². The Morgan fingerprint density at radius 1 is 0.655 bits per heavy atom. The molecular formula is C27H39FO. The summed E-state index contributed by atoms with van der Waals surface area (Å²) in [6, 6.07) is 13.9. The molecule has 2 aromatic rings. The van der Waals surface area contributed by atoms with Crippen molar-refractivity contribution in [3.05, 3.63) is 53.8 Å². The third kappa shape index (κ3) is 9.02. The van der Waals surface area contributed by atoms with Gasteiger partial charge in [0.15, 0.2) is 11.6 Å². The van der Waals surface area contributed by atoms with E-state index in [1.54, 1.807) is 12.1 Å². The highest BCUT2D eigenvalue weighted by molar-refractivity contribution is 5.64. The van der Waals surface area contributed by atoms with E-state index in [9.17, 15) is 4.39 Å². The van der Waals surface area contributed by atoms with Crippen LogP contribution in [0.5, 0.6) is 5.75 Å². The van der Waals surface area contributed by atoms with Crippen molar-refractivity contribution < 1.29 is 9.13 Å². The highest BCUT2D eigenvalue weighted by Crippen LogP contribution is 2.26. The van der Waals surface area contributed by atoms with Crippen LogP contribution < -0.4 is 4.74 Å². The second kappa shape index (κ2) is 14.2. The third-order valence-corrected chi connectivity index (χ3v) is 5.54. The maximum Gasteiger partial charge on any atom is 0.165 e. The molecule has 0 saturated heterocycles. The number of rotatable bonds is 15. The Bertz CT molecular complexity index is 677. The van der Waals surface area contributed by atoms with Crippen molar-refractivity contribution in [2.24, 2.45) is 0 Å². The molecule has 0 aliphatic rings. The van der Waals surface area contributed by atoms with Gasteiger partial charge in [-0.05, 0) is 48.1 Å². The van der Waals surface area contributed by atoms with E-state index in [0.717, 1.165) is 30.4 Å². The van der Waals surface area contributed by atoms with Crippen LogP contribution in [0, 0.1) is 5.82 Å².